The molecule has 0 radical (unpaired) electrons. The molecule has 2 amide bonds. The van der Waals surface area contributed by atoms with Gasteiger partial charge in [0.1, 0.15) is 36.3 Å². The lowest BCUT2D eigenvalue weighted by atomic mass is 9.87. The number of nitrogens with two attached hydrogens (primary N) is 1. The monoisotopic (exact) mass is 999 g/mol. The fourth-order valence-electron chi connectivity index (χ4n) is 6.42. The molecule has 2 unspecified atom stereocenters. The molecule has 10 N–H and O–H groups in total. The van der Waals surface area contributed by atoms with Crippen LogP contribution in [-0.4, -0.2) is 128 Å². The lowest BCUT2D eigenvalue weighted by Crippen LogP contribution is -2.46. The Kier molecular flexibility index (Phi) is 20.2. The number of fused-ring (bicyclic) bond motifs is 1. The van der Waals surface area contributed by atoms with E-state index in [0.717, 1.165) is 80.4 Å². The minimum atomic E-state index is -5.58. The average molecular weight is 1000 g/mol. The number of aliphatic hydroxyl groups excluding tert-OH is 2. The van der Waals surface area contributed by atoms with Crippen LogP contribution in [0.2, 0.25) is 0 Å². The van der Waals surface area contributed by atoms with Crippen molar-refractivity contribution in [3.63, 3.8) is 0 Å². The highest BCUT2D eigenvalue weighted by molar-refractivity contribution is 8.13. The summed E-state index contributed by atoms with van der Waals surface area (Å²) in [5.74, 6) is 1.54. The third-order valence-electron chi connectivity index (χ3n) is 10.0. The zero-order valence-electron chi connectivity index (χ0n) is 35.6. The topological polar surface area (TPSA) is 388 Å². The van der Waals surface area contributed by atoms with Crippen LogP contribution in [0.1, 0.15) is 90.7 Å². The number of aliphatic hydroxyl groups is 2. The van der Waals surface area contributed by atoms with Gasteiger partial charge < -0.3 is 50.9 Å². The van der Waals surface area contributed by atoms with E-state index in [1.165, 1.54) is 13.8 Å². The second-order valence-electron chi connectivity index (χ2n) is 15.8. The number of rotatable bonds is 30. The number of carbonyl (C=O) groups excluding carboxylic acids is 3. The number of hydrogen-bond acceptors (Lipinski definition) is 20. The predicted octanol–water partition coefficient (Wildman–Crippen LogP) is 2.36. The number of nitrogens with zero attached hydrogens (tertiary/aromatic N) is 6. The lowest BCUT2D eigenvalue weighted by Gasteiger charge is -2.30. The zero-order chi connectivity index (χ0) is 48.1. The summed E-state index contributed by atoms with van der Waals surface area (Å²) in [6.45, 7) is 0.507. The van der Waals surface area contributed by atoms with Crippen molar-refractivity contribution in [2.45, 2.75) is 121 Å². The standard InChI is InChI=1S/C35H56N9O17P3S/c1-4-5-14-35(42-43-35)15-11-9-7-6-8-10-12-25(46)65-18-17-37-24(45)13-16-38-32(49)29(48)34(2,3)20-58-64(55,56)61-63(53,54)57-19-23-28(60-62(50,51)52)27(47)33(59-23)44-22-41-26-30(36)39-21-40-31(26)44/h1,21-23,27-29,33,47-48H,5-20H2,2-3H3,(H,37,45)(H,38,49)(H,53,54)(H,55,56)(H2,36,39,40)(H2,50,51,52)/t23-,27-,28-,29-,33-/m1/s1. The molecule has 0 bridgehead atoms. The molecule has 4 rings (SSSR count). The van der Waals surface area contributed by atoms with Gasteiger partial charge in [-0.05, 0) is 19.3 Å². The third kappa shape index (κ3) is 17.7. The van der Waals surface area contributed by atoms with Crippen molar-refractivity contribution in [1.29, 1.82) is 0 Å². The second-order valence-corrected chi connectivity index (χ2v) is 21.2. The SMILES string of the molecule is C#CCCC1(CCCCCCCCC(=O)SCCNC(=O)CCNC(=O)[C@@H](O)C(C)(C)COP(=O)(O)OP(=O)(O)OC[C@H]2O[C@@H](n3cnc4c(N)ncnc43)[C@H](O)[C@@H]2OP(=O)(O)O)N=N1. The van der Waals surface area contributed by atoms with Crippen LogP contribution in [0, 0.1) is 17.8 Å². The highest BCUT2D eigenvalue weighted by atomic mass is 32.2. The van der Waals surface area contributed by atoms with E-state index in [2.05, 4.69) is 50.6 Å². The molecule has 0 aliphatic carbocycles. The molecule has 4 heterocycles. The Bertz CT molecular complexity index is 2170. The first-order valence-electron chi connectivity index (χ1n) is 20.4. The van der Waals surface area contributed by atoms with Crippen LogP contribution < -0.4 is 16.4 Å². The summed E-state index contributed by atoms with van der Waals surface area (Å²) in [7, 11) is -16.4. The van der Waals surface area contributed by atoms with E-state index < -0.39 is 84.6 Å². The number of ether oxygens (including phenoxy) is 1. The Labute approximate surface area is 378 Å². The molecule has 2 aromatic rings. The average Bonchev–Trinajstić information content (AvgIpc) is 3.76. The van der Waals surface area contributed by atoms with E-state index in [1.54, 1.807) is 0 Å². The van der Waals surface area contributed by atoms with Crippen molar-refractivity contribution < 1.29 is 80.5 Å². The van der Waals surface area contributed by atoms with Crippen molar-refractivity contribution in [3.05, 3.63) is 12.7 Å². The number of hydrogen-bond donors (Lipinski definition) is 9. The summed E-state index contributed by atoms with van der Waals surface area (Å²) < 4.78 is 62.3. The smallest absolute Gasteiger partial charge is 0.386 e. The number of phosphoric ester groups is 3. The Hall–Kier alpha value is -3.28. The summed E-state index contributed by atoms with van der Waals surface area (Å²) in [6, 6.07) is 0. The molecule has 30 heteroatoms. The van der Waals surface area contributed by atoms with Gasteiger partial charge in [-0.3, -0.25) is 32.5 Å². The van der Waals surface area contributed by atoms with Crippen LogP contribution in [0.3, 0.4) is 0 Å². The molecular weight excluding hydrogens is 943 g/mol. The van der Waals surface area contributed by atoms with Gasteiger partial charge in [0.25, 0.3) is 0 Å². The Balaban J connectivity index is 1.10. The van der Waals surface area contributed by atoms with Gasteiger partial charge in [0.05, 0.1) is 19.5 Å². The molecule has 364 valence electrons. The number of unbranched alkanes of at least 4 members (excludes halogenated alkanes) is 5. The number of aromatic nitrogens is 4. The maximum Gasteiger partial charge on any atom is 0.481 e. The van der Waals surface area contributed by atoms with Crippen LogP contribution >= 0.6 is 35.2 Å². The van der Waals surface area contributed by atoms with Crippen molar-refractivity contribution in [2.24, 2.45) is 15.6 Å². The van der Waals surface area contributed by atoms with Crippen LogP contribution in [0.15, 0.2) is 22.9 Å². The molecular formula is C35H56N9O17P3S. The fraction of sp³-hybridized carbons (Fsp3) is 0.714. The van der Waals surface area contributed by atoms with Gasteiger partial charge in [0.2, 0.25) is 11.8 Å². The molecule has 65 heavy (non-hydrogen) atoms. The van der Waals surface area contributed by atoms with Crippen LogP contribution in [0.5, 0.6) is 0 Å². The molecule has 7 atom stereocenters. The number of amides is 2. The minimum Gasteiger partial charge on any atom is -0.386 e. The molecule has 2 aromatic heterocycles. The van der Waals surface area contributed by atoms with E-state index >= 15 is 0 Å². The lowest BCUT2D eigenvalue weighted by molar-refractivity contribution is -0.137. The third-order valence-corrected chi connectivity index (χ3v) is 14.1. The van der Waals surface area contributed by atoms with E-state index in [9.17, 15) is 57.9 Å². The van der Waals surface area contributed by atoms with Gasteiger partial charge in [-0.2, -0.15) is 14.5 Å². The molecule has 26 nitrogen and oxygen atoms in total. The highest BCUT2D eigenvalue weighted by Crippen LogP contribution is 2.61. The van der Waals surface area contributed by atoms with Crippen LogP contribution in [-0.2, 0) is 50.7 Å². The Morgan fingerprint density at radius 3 is 2.34 bits per heavy atom. The molecule has 2 aliphatic heterocycles. The van der Waals surface area contributed by atoms with Gasteiger partial charge in [-0.25, -0.2) is 28.6 Å². The maximum atomic E-state index is 12.7. The first-order valence-corrected chi connectivity index (χ1v) is 25.9. The molecule has 2 aliphatic rings. The molecule has 1 saturated heterocycles. The van der Waals surface area contributed by atoms with Crippen LogP contribution in [0.25, 0.3) is 11.2 Å². The first-order chi connectivity index (χ1) is 30.5. The summed E-state index contributed by atoms with van der Waals surface area (Å²) in [5.41, 5.74) is 4.03. The number of imidazole rings is 1. The van der Waals surface area contributed by atoms with Crippen molar-refractivity contribution in [1.82, 2.24) is 30.2 Å². The predicted molar refractivity (Wildman–Crippen MR) is 230 cm³/mol. The minimum absolute atomic E-state index is 0.0292. The van der Waals surface area contributed by atoms with Gasteiger partial charge >= 0.3 is 23.5 Å². The van der Waals surface area contributed by atoms with Crippen molar-refractivity contribution in [2.75, 3.05) is 37.8 Å². The largest absolute Gasteiger partial charge is 0.481 e. The maximum absolute atomic E-state index is 12.7. The zero-order valence-corrected chi connectivity index (χ0v) is 39.1. The molecule has 0 spiro atoms. The quantitative estimate of drug-likeness (QED) is 0.0308. The van der Waals surface area contributed by atoms with Crippen LogP contribution in [0.4, 0.5) is 5.82 Å². The van der Waals surface area contributed by atoms with Gasteiger partial charge in [-0.15, -0.1) is 12.3 Å². The second kappa shape index (κ2) is 24.1. The van der Waals surface area contributed by atoms with Gasteiger partial charge in [-0.1, -0.05) is 51.3 Å². The summed E-state index contributed by atoms with van der Waals surface area (Å²) in [6.07, 6.45) is 7.19. The summed E-state index contributed by atoms with van der Waals surface area (Å²) in [5, 5.41) is 34.9. The number of thioether (sulfide) groups is 1. The fourth-order valence-corrected chi connectivity index (χ4v) is 9.97. The van der Waals surface area contributed by atoms with E-state index in [-0.39, 0.29) is 47.3 Å². The van der Waals surface area contributed by atoms with E-state index in [4.69, 9.17) is 25.9 Å². The first kappa shape index (κ1) is 54.3. The van der Waals surface area contributed by atoms with Gasteiger partial charge in [0.15, 0.2) is 28.5 Å². The molecule has 0 aromatic carbocycles. The molecule has 0 saturated carbocycles. The Morgan fingerprint density at radius 2 is 1.66 bits per heavy atom. The summed E-state index contributed by atoms with van der Waals surface area (Å²) >= 11 is 1.12. The number of nitrogens with one attached hydrogen (secondary N) is 2. The number of phosphoric acid groups is 3. The Morgan fingerprint density at radius 1 is 0.985 bits per heavy atom. The van der Waals surface area contributed by atoms with Crippen molar-refractivity contribution >= 4 is 69.1 Å². The highest BCUT2D eigenvalue weighted by Gasteiger charge is 2.50. The van der Waals surface area contributed by atoms with Gasteiger partial charge in [0, 0.05) is 49.9 Å². The van der Waals surface area contributed by atoms with E-state index in [1.807, 2.05) is 0 Å². The number of nitrogen functional groups attached to an aromatic ring is 1. The normalized spacial score (nSPS) is 21.6. The number of terminal acetylenes is 1. The molecule has 1 fully saturated rings. The van der Waals surface area contributed by atoms with E-state index in [0.29, 0.717) is 18.6 Å². The summed E-state index contributed by atoms with van der Waals surface area (Å²) in [4.78, 5) is 88.2. The number of anilines is 1. The number of carbonyl (C=O) groups is 3. The van der Waals surface area contributed by atoms with Crippen molar-refractivity contribution in [3.8, 4) is 12.3 Å².